The molecule has 1 aliphatic carbocycles. The second-order valence-electron chi connectivity index (χ2n) is 4.26. The van der Waals surface area contributed by atoms with E-state index in [1.807, 2.05) is 0 Å². The number of nitrogens with one attached hydrogen (secondary N) is 1. The summed E-state index contributed by atoms with van der Waals surface area (Å²) in [7, 11) is 0. The fraction of sp³-hybridized carbons (Fsp3) is 0.800. The highest BCUT2D eigenvalue weighted by Gasteiger charge is 2.45. The van der Waals surface area contributed by atoms with E-state index in [1.54, 1.807) is 5.57 Å². The fourth-order valence-corrected chi connectivity index (χ4v) is 2.22. The van der Waals surface area contributed by atoms with E-state index in [2.05, 4.69) is 32.2 Å². The van der Waals surface area contributed by atoms with Gasteiger partial charge in [0, 0.05) is 12.1 Å². The Morgan fingerprint density at radius 1 is 1.55 bits per heavy atom. The second-order valence-corrected chi connectivity index (χ2v) is 4.26. The highest BCUT2D eigenvalue weighted by atomic mass is 15.2. The van der Waals surface area contributed by atoms with Crippen LogP contribution in [0.2, 0.25) is 0 Å². The molecule has 3 atom stereocenters. The van der Waals surface area contributed by atoms with Crippen LogP contribution in [-0.2, 0) is 0 Å². The Kier molecular flexibility index (Phi) is 1.57. The van der Waals surface area contributed by atoms with Gasteiger partial charge in [-0.1, -0.05) is 25.5 Å². The van der Waals surface area contributed by atoms with Crippen molar-refractivity contribution in [2.75, 3.05) is 0 Å². The summed E-state index contributed by atoms with van der Waals surface area (Å²) in [5, 5.41) is 3.54. The van der Waals surface area contributed by atoms with Crippen molar-refractivity contribution in [3.63, 3.8) is 0 Å². The number of hydrogen-bond donors (Lipinski definition) is 1. The summed E-state index contributed by atoms with van der Waals surface area (Å²) in [6.07, 6.45) is 3.70. The zero-order valence-corrected chi connectivity index (χ0v) is 7.59. The Balaban J connectivity index is 2.09. The molecule has 0 radical (unpaired) electrons. The quantitative estimate of drug-likeness (QED) is 0.449. The fourth-order valence-electron chi connectivity index (χ4n) is 2.22. The Hall–Kier alpha value is -0.300. The Labute approximate surface area is 68.9 Å². The summed E-state index contributed by atoms with van der Waals surface area (Å²) in [5.74, 6) is 1.73. The monoisotopic (exact) mass is 151 g/mol. The van der Waals surface area contributed by atoms with Crippen LogP contribution in [0, 0.1) is 11.8 Å². The molecule has 11 heavy (non-hydrogen) atoms. The van der Waals surface area contributed by atoms with Crippen LogP contribution in [0.3, 0.4) is 0 Å². The molecule has 0 saturated carbocycles. The lowest BCUT2D eigenvalue weighted by molar-refractivity contribution is 0.370. The highest BCUT2D eigenvalue weighted by Crippen LogP contribution is 2.37. The third-order valence-electron chi connectivity index (χ3n) is 3.14. The van der Waals surface area contributed by atoms with Crippen LogP contribution in [0.25, 0.3) is 0 Å². The van der Waals surface area contributed by atoms with Gasteiger partial charge >= 0.3 is 0 Å². The lowest BCUT2D eigenvalue weighted by Crippen LogP contribution is -2.20. The van der Waals surface area contributed by atoms with Crippen LogP contribution in [0.4, 0.5) is 0 Å². The van der Waals surface area contributed by atoms with Gasteiger partial charge in [0.25, 0.3) is 0 Å². The van der Waals surface area contributed by atoms with E-state index in [0.717, 1.165) is 23.9 Å². The molecule has 0 aromatic rings. The molecule has 0 aromatic heterocycles. The van der Waals surface area contributed by atoms with Gasteiger partial charge in [-0.2, -0.15) is 0 Å². The molecule has 2 aliphatic rings. The number of rotatable bonds is 1. The maximum Gasteiger partial charge on any atom is 0.0438 e. The molecule has 0 spiro atoms. The average Bonchev–Trinajstić information content (AvgIpc) is 2.66. The molecule has 1 aliphatic heterocycles. The van der Waals surface area contributed by atoms with Crippen molar-refractivity contribution in [1.82, 2.24) is 5.32 Å². The van der Waals surface area contributed by atoms with E-state index < -0.39 is 0 Å². The number of allylic oxidation sites excluding steroid dienone is 1. The first-order valence-electron chi connectivity index (χ1n) is 4.63. The van der Waals surface area contributed by atoms with Gasteiger partial charge in [-0.25, -0.2) is 0 Å². The summed E-state index contributed by atoms with van der Waals surface area (Å²) >= 11 is 0. The Bertz CT molecular complexity index is 193. The van der Waals surface area contributed by atoms with Gasteiger partial charge in [-0.05, 0) is 25.2 Å². The maximum absolute atomic E-state index is 3.54. The molecule has 0 amide bonds. The predicted octanol–water partition coefficient (Wildman–Crippen LogP) is 1.95. The van der Waals surface area contributed by atoms with Crippen molar-refractivity contribution in [2.45, 2.75) is 39.3 Å². The van der Waals surface area contributed by atoms with Gasteiger partial charge in [0.2, 0.25) is 0 Å². The van der Waals surface area contributed by atoms with Gasteiger partial charge in [-0.15, -0.1) is 0 Å². The minimum atomic E-state index is 0.746. The Morgan fingerprint density at radius 2 is 2.27 bits per heavy atom. The molecule has 1 N–H and O–H groups in total. The third kappa shape index (κ3) is 1.12. The standard InChI is InChI=1S/C10H17N/c1-6(2)8-5-4-7(3)9-10(8)11-9/h4,6,8-11H,5H2,1-3H3. The van der Waals surface area contributed by atoms with E-state index >= 15 is 0 Å². The summed E-state index contributed by atoms with van der Waals surface area (Å²) in [4.78, 5) is 0. The van der Waals surface area contributed by atoms with Gasteiger partial charge in [0.1, 0.15) is 0 Å². The number of fused-ring (bicyclic) bond motifs is 1. The predicted molar refractivity (Wildman–Crippen MR) is 47.4 cm³/mol. The molecule has 2 rings (SSSR count). The van der Waals surface area contributed by atoms with Gasteiger partial charge < -0.3 is 5.32 Å². The van der Waals surface area contributed by atoms with E-state index in [1.165, 1.54) is 6.42 Å². The zero-order valence-electron chi connectivity index (χ0n) is 7.59. The van der Waals surface area contributed by atoms with Crippen LogP contribution >= 0.6 is 0 Å². The van der Waals surface area contributed by atoms with Crippen LogP contribution in [-0.4, -0.2) is 12.1 Å². The van der Waals surface area contributed by atoms with Crippen LogP contribution in [0.5, 0.6) is 0 Å². The number of hydrogen-bond acceptors (Lipinski definition) is 1. The van der Waals surface area contributed by atoms with Gasteiger partial charge in [0.15, 0.2) is 0 Å². The second kappa shape index (κ2) is 2.34. The first kappa shape index (κ1) is 7.35. The molecule has 62 valence electrons. The molecule has 0 aromatic carbocycles. The van der Waals surface area contributed by atoms with Crippen molar-refractivity contribution < 1.29 is 0 Å². The summed E-state index contributed by atoms with van der Waals surface area (Å²) in [6, 6.07) is 1.57. The van der Waals surface area contributed by atoms with Crippen molar-refractivity contribution >= 4 is 0 Å². The molecule has 3 unspecified atom stereocenters. The minimum Gasteiger partial charge on any atom is -0.304 e. The van der Waals surface area contributed by atoms with Crippen LogP contribution < -0.4 is 5.32 Å². The zero-order chi connectivity index (χ0) is 8.01. The normalized spacial score (nSPS) is 41.8. The topological polar surface area (TPSA) is 21.9 Å². The van der Waals surface area contributed by atoms with Crippen molar-refractivity contribution in [3.05, 3.63) is 11.6 Å². The first-order valence-corrected chi connectivity index (χ1v) is 4.63. The molecular weight excluding hydrogens is 134 g/mol. The minimum absolute atomic E-state index is 0.746. The molecule has 1 saturated heterocycles. The third-order valence-corrected chi connectivity index (χ3v) is 3.14. The van der Waals surface area contributed by atoms with Crippen LogP contribution in [0.15, 0.2) is 11.6 Å². The largest absolute Gasteiger partial charge is 0.304 e. The SMILES string of the molecule is CC1=CCC(C(C)C)C2NC12. The first-order chi connectivity index (χ1) is 5.20. The van der Waals surface area contributed by atoms with Crippen molar-refractivity contribution in [1.29, 1.82) is 0 Å². The van der Waals surface area contributed by atoms with Gasteiger partial charge in [-0.3, -0.25) is 0 Å². The molecule has 1 nitrogen and oxygen atoms in total. The van der Waals surface area contributed by atoms with E-state index in [4.69, 9.17) is 0 Å². The van der Waals surface area contributed by atoms with Gasteiger partial charge in [0.05, 0.1) is 0 Å². The Morgan fingerprint density at radius 3 is 2.91 bits per heavy atom. The summed E-state index contributed by atoms with van der Waals surface area (Å²) in [6.45, 7) is 6.90. The van der Waals surface area contributed by atoms with Crippen molar-refractivity contribution in [2.24, 2.45) is 11.8 Å². The molecule has 1 fully saturated rings. The van der Waals surface area contributed by atoms with Crippen LogP contribution in [0.1, 0.15) is 27.2 Å². The smallest absolute Gasteiger partial charge is 0.0438 e. The van der Waals surface area contributed by atoms with E-state index in [0.29, 0.717) is 0 Å². The highest BCUT2D eigenvalue weighted by molar-refractivity contribution is 5.27. The van der Waals surface area contributed by atoms with E-state index in [-0.39, 0.29) is 0 Å². The average molecular weight is 151 g/mol. The molecule has 0 bridgehead atoms. The van der Waals surface area contributed by atoms with E-state index in [9.17, 15) is 0 Å². The summed E-state index contributed by atoms with van der Waals surface area (Å²) in [5.41, 5.74) is 1.56. The molecular formula is C10H17N. The molecule has 1 heteroatoms. The summed E-state index contributed by atoms with van der Waals surface area (Å²) < 4.78 is 0. The lowest BCUT2D eigenvalue weighted by Gasteiger charge is -2.21. The molecule has 1 heterocycles. The lowest BCUT2D eigenvalue weighted by atomic mass is 9.83. The maximum atomic E-state index is 3.54. The van der Waals surface area contributed by atoms with Crippen molar-refractivity contribution in [3.8, 4) is 0 Å².